The average Bonchev–Trinajstić information content (AvgIpc) is 1.97. The van der Waals surface area contributed by atoms with Crippen molar-refractivity contribution in [3.8, 4) is 0 Å². The minimum atomic E-state index is 0.968. The van der Waals surface area contributed by atoms with Gasteiger partial charge in [-0.15, -0.1) is 0 Å². The summed E-state index contributed by atoms with van der Waals surface area (Å²) in [6.07, 6.45) is 4.77. The van der Waals surface area contributed by atoms with Crippen molar-refractivity contribution < 1.29 is 0 Å². The predicted molar refractivity (Wildman–Crippen MR) is 47.5 cm³/mol. The van der Waals surface area contributed by atoms with Crippen LogP contribution in [0.4, 0.5) is 0 Å². The molecule has 0 amide bonds. The summed E-state index contributed by atoms with van der Waals surface area (Å²) >= 11 is 0. The van der Waals surface area contributed by atoms with Crippen LogP contribution in [0.5, 0.6) is 0 Å². The Bertz CT molecular complexity index is 158. The summed E-state index contributed by atoms with van der Waals surface area (Å²) in [5.41, 5.74) is 1.94. The van der Waals surface area contributed by atoms with Gasteiger partial charge in [-0.25, -0.2) is 0 Å². The Labute approximate surface area is 68.7 Å². The summed E-state index contributed by atoms with van der Waals surface area (Å²) in [5.74, 6) is 0. The molecule has 1 heterocycles. The van der Waals surface area contributed by atoms with Gasteiger partial charge in [0.25, 0.3) is 0 Å². The molecule has 0 atom stereocenters. The molecule has 1 aromatic heterocycles. The molecule has 0 saturated heterocycles. The second-order valence-electron chi connectivity index (χ2n) is 2.51. The molecular formula is C9H16N2. The molecule has 0 aliphatic heterocycles. The lowest BCUT2D eigenvalue weighted by atomic mass is 10.5. The molecule has 0 N–H and O–H groups in total. The van der Waals surface area contributed by atoms with Gasteiger partial charge in [-0.1, -0.05) is 20.3 Å². The van der Waals surface area contributed by atoms with E-state index in [1.807, 2.05) is 13.8 Å². The van der Waals surface area contributed by atoms with Gasteiger partial charge in [0, 0.05) is 12.4 Å². The molecule has 62 valence electrons. The monoisotopic (exact) mass is 152 g/mol. The quantitative estimate of drug-likeness (QED) is 0.571. The van der Waals surface area contributed by atoms with E-state index in [-0.39, 0.29) is 0 Å². The molecule has 0 radical (unpaired) electrons. The highest BCUT2D eigenvalue weighted by molar-refractivity contribution is 4.97. The maximum Gasteiger partial charge on any atom is 0.0555 e. The molecule has 0 aliphatic carbocycles. The summed E-state index contributed by atoms with van der Waals surface area (Å²) in [5, 5.41) is 0. The van der Waals surface area contributed by atoms with Crippen LogP contribution in [0.1, 0.15) is 31.7 Å². The standard InChI is InChI=1S/C6H8N2.C3H8/c1-5-3-8-6(2)4-7-5;1-3-2/h3-4H,1-2H3;3H2,1-2H3. The molecule has 0 bridgehead atoms. The molecule has 0 spiro atoms. The van der Waals surface area contributed by atoms with E-state index in [4.69, 9.17) is 0 Å². The zero-order valence-electron chi connectivity index (χ0n) is 7.76. The first-order valence-corrected chi connectivity index (χ1v) is 3.96. The zero-order chi connectivity index (χ0) is 8.69. The predicted octanol–water partition coefficient (Wildman–Crippen LogP) is 2.51. The van der Waals surface area contributed by atoms with Crippen molar-refractivity contribution >= 4 is 0 Å². The minimum Gasteiger partial charge on any atom is -0.258 e. The molecule has 1 rings (SSSR count). The van der Waals surface area contributed by atoms with Crippen LogP contribution < -0.4 is 0 Å². The van der Waals surface area contributed by atoms with E-state index in [1.165, 1.54) is 6.42 Å². The lowest BCUT2D eigenvalue weighted by Gasteiger charge is -1.88. The van der Waals surface area contributed by atoms with Gasteiger partial charge in [-0.3, -0.25) is 9.97 Å². The van der Waals surface area contributed by atoms with Gasteiger partial charge < -0.3 is 0 Å². The highest BCUT2D eigenvalue weighted by atomic mass is 14.8. The van der Waals surface area contributed by atoms with Crippen LogP contribution in [0.2, 0.25) is 0 Å². The van der Waals surface area contributed by atoms with Crippen LogP contribution >= 0.6 is 0 Å². The van der Waals surface area contributed by atoms with Crippen LogP contribution in [0.25, 0.3) is 0 Å². The highest BCUT2D eigenvalue weighted by Crippen LogP contribution is 1.88. The second-order valence-corrected chi connectivity index (χ2v) is 2.51. The van der Waals surface area contributed by atoms with Crippen LogP contribution in [-0.2, 0) is 0 Å². The van der Waals surface area contributed by atoms with E-state index in [2.05, 4.69) is 23.8 Å². The molecule has 1 aromatic rings. The number of aromatic nitrogens is 2. The van der Waals surface area contributed by atoms with Gasteiger partial charge in [-0.05, 0) is 13.8 Å². The first kappa shape index (κ1) is 10.1. The van der Waals surface area contributed by atoms with Crippen molar-refractivity contribution in [1.82, 2.24) is 9.97 Å². The number of aryl methyl sites for hydroxylation is 2. The summed E-state index contributed by atoms with van der Waals surface area (Å²) in [4.78, 5) is 8.03. The summed E-state index contributed by atoms with van der Waals surface area (Å²) in [6.45, 7) is 8.10. The third kappa shape index (κ3) is 5.52. The van der Waals surface area contributed by atoms with Crippen molar-refractivity contribution in [3.05, 3.63) is 23.8 Å². The van der Waals surface area contributed by atoms with Crippen LogP contribution in [0.15, 0.2) is 12.4 Å². The molecule has 0 saturated carbocycles. The first-order valence-electron chi connectivity index (χ1n) is 3.96. The number of hydrogen-bond acceptors (Lipinski definition) is 2. The SMILES string of the molecule is CCC.Cc1cnc(C)cn1. The highest BCUT2D eigenvalue weighted by Gasteiger charge is 1.82. The van der Waals surface area contributed by atoms with Gasteiger partial charge in [-0.2, -0.15) is 0 Å². The largest absolute Gasteiger partial charge is 0.258 e. The molecule has 0 unspecified atom stereocenters. The normalized spacial score (nSPS) is 8.36. The van der Waals surface area contributed by atoms with Gasteiger partial charge in [0.05, 0.1) is 11.4 Å². The van der Waals surface area contributed by atoms with Crippen molar-refractivity contribution in [2.75, 3.05) is 0 Å². The molecule has 11 heavy (non-hydrogen) atoms. The number of nitrogens with zero attached hydrogens (tertiary/aromatic N) is 2. The summed E-state index contributed by atoms with van der Waals surface area (Å²) < 4.78 is 0. The van der Waals surface area contributed by atoms with Gasteiger partial charge in [0.15, 0.2) is 0 Å². The second kappa shape index (κ2) is 5.83. The minimum absolute atomic E-state index is 0.968. The van der Waals surface area contributed by atoms with Crippen molar-refractivity contribution in [3.63, 3.8) is 0 Å². The van der Waals surface area contributed by atoms with E-state index in [1.54, 1.807) is 12.4 Å². The Hall–Kier alpha value is -0.920. The molecule has 2 nitrogen and oxygen atoms in total. The average molecular weight is 152 g/mol. The first-order chi connectivity index (χ1) is 5.20. The third-order valence-electron chi connectivity index (χ3n) is 0.910. The van der Waals surface area contributed by atoms with Crippen molar-refractivity contribution in [2.45, 2.75) is 34.1 Å². The van der Waals surface area contributed by atoms with Crippen LogP contribution in [0.3, 0.4) is 0 Å². The molecule has 0 fully saturated rings. The fraction of sp³-hybridized carbons (Fsp3) is 0.556. The Morgan fingerprint density at radius 3 is 1.45 bits per heavy atom. The van der Waals surface area contributed by atoms with Gasteiger partial charge >= 0.3 is 0 Å². The van der Waals surface area contributed by atoms with Gasteiger partial charge in [0.2, 0.25) is 0 Å². The van der Waals surface area contributed by atoms with E-state index in [9.17, 15) is 0 Å². The molecular weight excluding hydrogens is 136 g/mol. The van der Waals surface area contributed by atoms with E-state index >= 15 is 0 Å². The van der Waals surface area contributed by atoms with Crippen LogP contribution in [0, 0.1) is 13.8 Å². The fourth-order valence-corrected chi connectivity index (χ4v) is 0.457. The summed E-state index contributed by atoms with van der Waals surface area (Å²) in [7, 11) is 0. The molecule has 0 aliphatic rings. The Morgan fingerprint density at radius 2 is 1.27 bits per heavy atom. The van der Waals surface area contributed by atoms with Crippen LogP contribution in [-0.4, -0.2) is 9.97 Å². The lowest BCUT2D eigenvalue weighted by molar-refractivity contribution is 1.06. The zero-order valence-corrected chi connectivity index (χ0v) is 7.76. The van der Waals surface area contributed by atoms with Crippen molar-refractivity contribution in [2.24, 2.45) is 0 Å². The van der Waals surface area contributed by atoms with E-state index < -0.39 is 0 Å². The van der Waals surface area contributed by atoms with Crippen molar-refractivity contribution in [1.29, 1.82) is 0 Å². The lowest BCUT2D eigenvalue weighted by Crippen LogP contribution is -1.84. The molecule has 0 aromatic carbocycles. The maximum atomic E-state index is 4.02. The molecule has 2 heteroatoms. The smallest absolute Gasteiger partial charge is 0.0555 e. The third-order valence-corrected chi connectivity index (χ3v) is 0.910. The van der Waals surface area contributed by atoms with Gasteiger partial charge in [0.1, 0.15) is 0 Å². The fourth-order valence-electron chi connectivity index (χ4n) is 0.457. The Kier molecular flexibility index (Phi) is 5.35. The summed E-state index contributed by atoms with van der Waals surface area (Å²) in [6, 6.07) is 0. The maximum absolute atomic E-state index is 4.02. The number of rotatable bonds is 0. The Balaban J connectivity index is 0.000000292. The number of hydrogen-bond donors (Lipinski definition) is 0. The van der Waals surface area contributed by atoms with E-state index in [0.29, 0.717) is 0 Å². The Morgan fingerprint density at radius 1 is 1.00 bits per heavy atom. The topological polar surface area (TPSA) is 25.8 Å². The van der Waals surface area contributed by atoms with E-state index in [0.717, 1.165) is 11.4 Å².